The van der Waals surface area contributed by atoms with Crippen LogP contribution in [0, 0.1) is 13.8 Å². The van der Waals surface area contributed by atoms with Crippen molar-refractivity contribution in [3.63, 3.8) is 0 Å². The highest BCUT2D eigenvalue weighted by Gasteiger charge is 2.14. The monoisotopic (exact) mass is 361 g/mol. The number of hydrogen-bond donors (Lipinski definition) is 3. The number of hydrogen-bond acceptors (Lipinski definition) is 6. The maximum Gasteiger partial charge on any atom is 0.335 e. The van der Waals surface area contributed by atoms with Crippen molar-refractivity contribution in [2.45, 2.75) is 31.7 Å². The SMILES string of the molecule is Cc1cc(C)c(-c2cc(SCCCC(=O)O)nc(N)n2)cc1C(=O)O. The van der Waals surface area contributed by atoms with Crippen LogP contribution in [0.2, 0.25) is 0 Å². The summed E-state index contributed by atoms with van der Waals surface area (Å²) in [6.45, 7) is 3.63. The third kappa shape index (κ3) is 4.93. The molecule has 4 N–H and O–H groups in total. The van der Waals surface area contributed by atoms with E-state index in [4.69, 9.17) is 10.8 Å². The molecule has 0 amide bonds. The third-order valence-electron chi connectivity index (χ3n) is 3.58. The van der Waals surface area contributed by atoms with E-state index in [9.17, 15) is 14.7 Å². The summed E-state index contributed by atoms with van der Waals surface area (Å²) in [5, 5.41) is 18.6. The van der Waals surface area contributed by atoms with Gasteiger partial charge in [0, 0.05) is 17.7 Å². The van der Waals surface area contributed by atoms with E-state index in [1.807, 2.05) is 6.92 Å². The number of aliphatic carboxylic acids is 1. The molecular formula is C17H19N3O4S. The number of benzene rings is 1. The van der Waals surface area contributed by atoms with Gasteiger partial charge in [0.05, 0.1) is 11.3 Å². The molecule has 0 aliphatic carbocycles. The van der Waals surface area contributed by atoms with Crippen LogP contribution < -0.4 is 5.73 Å². The minimum absolute atomic E-state index is 0.0927. The van der Waals surface area contributed by atoms with Crippen molar-refractivity contribution in [2.75, 3.05) is 11.5 Å². The molecule has 0 aliphatic heterocycles. The van der Waals surface area contributed by atoms with E-state index in [1.54, 1.807) is 25.1 Å². The Morgan fingerprint density at radius 3 is 2.48 bits per heavy atom. The molecule has 0 unspecified atom stereocenters. The Kier molecular flexibility index (Phi) is 5.97. The largest absolute Gasteiger partial charge is 0.481 e. The van der Waals surface area contributed by atoms with Gasteiger partial charge in [-0.05, 0) is 43.5 Å². The lowest BCUT2D eigenvalue weighted by molar-refractivity contribution is -0.137. The average Bonchev–Trinajstić information content (AvgIpc) is 2.50. The molecule has 0 bridgehead atoms. The molecule has 132 valence electrons. The number of thioether (sulfide) groups is 1. The van der Waals surface area contributed by atoms with Gasteiger partial charge in [-0.15, -0.1) is 11.8 Å². The molecule has 8 heteroatoms. The molecule has 1 aromatic carbocycles. The number of carboxylic acids is 2. The van der Waals surface area contributed by atoms with Gasteiger partial charge in [0.15, 0.2) is 0 Å². The molecule has 25 heavy (non-hydrogen) atoms. The lowest BCUT2D eigenvalue weighted by atomic mass is 9.98. The Balaban J connectivity index is 2.32. The van der Waals surface area contributed by atoms with Gasteiger partial charge in [-0.25, -0.2) is 14.8 Å². The molecule has 2 aromatic rings. The van der Waals surface area contributed by atoms with Crippen molar-refractivity contribution in [2.24, 2.45) is 0 Å². The standard InChI is InChI=1S/C17H19N3O4S/c1-9-6-10(2)12(16(23)24)7-11(9)13-8-14(20-17(18)19-13)25-5-3-4-15(21)22/h6-8H,3-5H2,1-2H3,(H,21,22)(H,23,24)(H2,18,19,20). The van der Waals surface area contributed by atoms with Crippen molar-refractivity contribution in [3.05, 3.63) is 34.9 Å². The number of aryl methyl sites for hydroxylation is 2. The lowest BCUT2D eigenvalue weighted by Gasteiger charge is -2.11. The van der Waals surface area contributed by atoms with Crippen LogP contribution in [-0.4, -0.2) is 37.9 Å². The van der Waals surface area contributed by atoms with Crippen LogP contribution in [0.1, 0.15) is 34.3 Å². The average molecular weight is 361 g/mol. The van der Waals surface area contributed by atoms with Gasteiger partial charge >= 0.3 is 11.9 Å². The summed E-state index contributed by atoms with van der Waals surface area (Å²) in [5.41, 5.74) is 8.80. The topological polar surface area (TPSA) is 126 Å². The van der Waals surface area contributed by atoms with Crippen molar-refractivity contribution in [3.8, 4) is 11.3 Å². The highest BCUT2D eigenvalue weighted by molar-refractivity contribution is 7.99. The zero-order valence-electron chi connectivity index (χ0n) is 13.9. The summed E-state index contributed by atoms with van der Waals surface area (Å²) in [6, 6.07) is 5.13. The number of carboxylic acid groups (broad SMARTS) is 2. The van der Waals surface area contributed by atoms with Gasteiger partial charge in [0.2, 0.25) is 5.95 Å². The summed E-state index contributed by atoms with van der Waals surface area (Å²) >= 11 is 1.39. The van der Waals surface area contributed by atoms with Gasteiger partial charge in [-0.1, -0.05) is 6.07 Å². The number of nitrogens with two attached hydrogens (primary N) is 1. The van der Waals surface area contributed by atoms with Gasteiger partial charge in [0.25, 0.3) is 0 Å². The molecule has 0 saturated carbocycles. The number of nitrogens with zero attached hydrogens (tertiary/aromatic N) is 2. The summed E-state index contributed by atoms with van der Waals surface area (Å²) in [4.78, 5) is 30.3. The minimum atomic E-state index is -0.996. The predicted molar refractivity (Wildman–Crippen MR) is 95.9 cm³/mol. The molecule has 1 heterocycles. The first-order valence-corrected chi connectivity index (χ1v) is 8.60. The molecule has 0 spiro atoms. The van der Waals surface area contributed by atoms with E-state index in [2.05, 4.69) is 9.97 Å². The van der Waals surface area contributed by atoms with E-state index in [-0.39, 0.29) is 17.9 Å². The molecule has 0 aliphatic rings. The number of aromatic carboxylic acids is 1. The van der Waals surface area contributed by atoms with Crippen LogP contribution in [0.5, 0.6) is 0 Å². The number of rotatable bonds is 7. The second kappa shape index (κ2) is 7.98. The van der Waals surface area contributed by atoms with Crippen molar-refractivity contribution < 1.29 is 19.8 Å². The zero-order valence-corrected chi connectivity index (χ0v) is 14.8. The van der Waals surface area contributed by atoms with E-state index in [1.165, 1.54) is 11.8 Å². The van der Waals surface area contributed by atoms with Crippen LogP contribution in [0.3, 0.4) is 0 Å². The van der Waals surface area contributed by atoms with Gasteiger partial charge in [0.1, 0.15) is 5.03 Å². The molecule has 7 nitrogen and oxygen atoms in total. The zero-order chi connectivity index (χ0) is 18.6. The predicted octanol–water partition coefficient (Wildman–Crippen LogP) is 3.00. The van der Waals surface area contributed by atoms with E-state index in [0.717, 1.165) is 5.56 Å². The number of aromatic nitrogens is 2. The van der Waals surface area contributed by atoms with Crippen LogP contribution in [0.25, 0.3) is 11.3 Å². The van der Waals surface area contributed by atoms with Crippen LogP contribution in [0.4, 0.5) is 5.95 Å². The summed E-state index contributed by atoms with van der Waals surface area (Å²) < 4.78 is 0. The normalized spacial score (nSPS) is 10.6. The van der Waals surface area contributed by atoms with Gasteiger partial charge in [-0.2, -0.15) is 0 Å². The molecule has 0 atom stereocenters. The molecule has 0 radical (unpaired) electrons. The highest BCUT2D eigenvalue weighted by atomic mass is 32.2. The van der Waals surface area contributed by atoms with Gasteiger partial charge in [-0.3, -0.25) is 4.79 Å². The third-order valence-corrected chi connectivity index (χ3v) is 4.58. The first-order chi connectivity index (χ1) is 11.8. The fourth-order valence-corrected chi connectivity index (χ4v) is 3.26. The highest BCUT2D eigenvalue weighted by Crippen LogP contribution is 2.29. The lowest BCUT2D eigenvalue weighted by Crippen LogP contribution is -2.03. The van der Waals surface area contributed by atoms with Gasteiger partial charge < -0.3 is 15.9 Å². The molecule has 0 fully saturated rings. The number of carbonyl (C=O) groups is 2. The molecule has 1 aromatic heterocycles. The first kappa shape index (κ1) is 18.7. The first-order valence-electron chi connectivity index (χ1n) is 7.62. The second-order valence-electron chi connectivity index (χ2n) is 5.58. The summed E-state index contributed by atoms with van der Waals surface area (Å²) in [5.74, 6) is -1.14. The summed E-state index contributed by atoms with van der Waals surface area (Å²) in [6.07, 6.45) is 0.616. The maximum atomic E-state index is 11.4. The minimum Gasteiger partial charge on any atom is -0.481 e. The van der Waals surface area contributed by atoms with Crippen molar-refractivity contribution in [1.29, 1.82) is 0 Å². The fraction of sp³-hybridized carbons (Fsp3) is 0.294. The van der Waals surface area contributed by atoms with E-state index < -0.39 is 11.9 Å². The number of anilines is 1. The Morgan fingerprint density at radius 1 is 1.12 bits per heavy atom. The van der Waals surface area contributed by atoms with E-state index >= 15 is 0 Å². The van der Waals surface area contributed by atoms with E-state index in [0.29, 0.717) is 34.0 Å². The second-order valence-corrected chi connectivity index (χ2v) is 6.70. The quantitative estimate of drug-likeness (QED) is 0.390. The Hall–Kier alpha value is -2.61. The molecule has 0 saturated heterocycles. The Morgan fingerprint density at radius 2 is 1.84 bits per heavy atom. The maximum absolute atomic E-state index is 11.4. The summed E-state index contributed by atoms with van der Waals surface area (Å²) in [7, 11) is 0. The smallest absolute Gasteiger partial charge is 0.335 e. The van der Waals surface area contributed by atoms with Crippen LogP contribution in [0.15, 0.2) is 23.2 Å². The number of nitrogen functional groups attached to an aromatic ring is 1. The fourth-order valence-electron chi connectivity index (χ4n) is 2.41. The molecule has 2 rings (SSSR count). The van der Waals surface area contributed by atoms with Crippen LogP contribution >= 0.6 is 11.8 Å². The Bertz CT molecular complexity index is 824. The molecular weight excluding hydrogens is 342 g/mol. The van der Waals surface area contributed by atoms with Crippen LogP contribution in [-0.2, 0) is 4.79 Å². The Labute approximate surface area is 149 Å². The van der Waals surface area contributed by atoms with Crippen molar-refractivity contribution >= 4 is 29.6 Å². The van der Waals surface area contributed by atoms with Crippen molar-refractivity contribution in [1.82, 2.24) is 9.97 Å².